The van der Waals surface area contributed by atoms with Crippen molar-refractivity contribution in [2.45, 2.75) is 25.2 Å². The molecule has 1 atom stereocenters. The number of carbonyl (C=O) groups excluding carboxylic acids is 2. The molecule has 1 heterocycles. The Morgan fingerprint density at radius 1 is 1.03 bits per heavy atom. The molecule has 2 N–H and O–H groups in total. The summed E-state index contributed by atoms with van der Waals surface area (Å²) < 4.78 is 5.54. The maximum Gasteiger partial charge on any atom is 0.407 e. The van der Waals surface area contributed by atoms with E-state index >= 15 is 0 Å². The van der Waals surface area contributed by atoms with Crippen LogP contribution < -0.4 is 5.32 Å². The zero-order valence-electron chi connectivity index (χ0n) is 19.6. The highest BCUT2D eigenvalue weighted by Gasteiger charge is 2.59. The van der Waals surface area contributed by atoms with Crippen molar-refractivity contribution < 1.29 is 24.2 Å². The van der Waals surface area contributed by atoms with E-state index in [1.54, 1.807) is 0 Å². The molecule has 1 saturated heterocycles. The predicted octanol–water partition coefficient (Wildman–Crippen LogP) is 3.97. The van der Waals surface area contributed by atoms with Crippen LogP contribution in [0.2, 0.25) is 0 Å². The second kappa shape index (κ2) is 9.93. The molecule has 8 heteroatoms. The SMILES string of the molecule is O=C(NCCSCC(=O)N1CCC2(CC1)CC2C(=O)O)OCC1c2ccccc2-c2ccccc21. The Hall–Kier alpha value is -3.00. The molecule has 1 spiro atoms. The van der Waals surface area contributed by atoms with E-state index < -0.39 is 12.1 Å². The van der Waals surface area contributed by atoms with Crippen LogP contribution in [0.4, 0.5) is 4.79 Å². The number of hydrogen-bond acceptors (Lipinski definition) is 5. The summed E-state index contributed by atoms with van der Waals surface area (Å²) in [6.45, 7) is 1.99. The molecular formula is C27H30N2O5S. The fraction of sp³-hybridized carbons (Fsp3) is 0.444. The van der Waals surface area contributed by atoms with Crippen LogP contribution in [0.1, 0.15) is 36.3 Å². The third kappa shape index (κ3) is 4.89. The van der Waals surface area contributed by atoms with E-state index in [4.69, 9.17) is 4.74 Å². The van der Waals surface area contributed by atoms with Crippen molar-refractivity contribution in [2.24, 2.45) is 11.3 Å². The molecule has 2 aliphatic carbocycles. The number of nitrogens with one attached hydrogen (secondary N) is 1. The van der Waals surface area contributed by atoms with Gasteiger partial charge in [-0.1, -0.05) is 48.5 Å². The second-order valence-electron chi connectivity index (χ2n) is 9.64. The summed E-state index contributed by atoms with van der Waals surface area (Å²) in [5, 5.41) is 12.0. The number of rotatable bonds is 8. The second-order valence-corrected chi connectivity index (χ2v) is 10.7. The Morgan fingerprint density at radius 3 is 2.26 bits per heavy atom. The first-order valence-electron chi connectivity index (χ1n) is 12.2. The van der Waals surface area contributed by atoms with Gasteiger partial charge >= 0.3 is 12.1 Å². The van der Waals surface area contributed by atoms with Crippen molar-refractivity contribution in [1.29, 1.82) is 0 Å². The molecule has 1 saturated carbocycles. The molecule has 2 fully saturated rings. The molecule has 3 aliphatic rings. The zero-order valence-corrected chi connectivity index (χ0v) is 20.4. The van der Waals surface area contributed by atoms with Gasteiger partial charge < -0.3 is 20.1 Å². The van der Waals surface area contributed by atoms with Gasteiger partial charge in [-0.25, -0.2) is 4.79 Å². The minimum atomic E-state index is -0.704. The summed E-state index contributed by atoms with van der Waals surface area (Å²) in [5.41, 5.74) is 4.68. The molecule has 2 aromatic carbocycles. The maximum absolute atomic E-state index is 12.5. The van der Waals surface area contributed by atoms with Crippen molar-refractivity contribution >= 4 is 29.7 Å². The van der Waals surface area contributed by atoms with Crippen LogP contribution >= 0.6 is 11.8 Å². The van der Waals surface area contributed by atoms with Crippen LogP contribution in [-0.2, 0) is 14.3 Å². The number of hydrogen-bond donors (Lipinski definition) is 2. The lowest BCUT2D eigenvalue weighted by Crippen LogP contribution is -2.41. The Balaban J connectivity index is 0.993. The Bertz CT molecular complexity index is 1080. The molecule has 1 aliphatic heterocycles. The van der Waals surface area contributed by atoms with E-state index in [0.717, 1.165) is 19.3 Å². The predicted molar refractivity (Wildman–Crippen MR) is 134 cm³/mol. The van der Waals surface area contributed by atoms with Crippen LogP contribution in [0.5, 0.6) is 0 Å². The molecule has 1 unspecified atom stereocenters. The smallest absolute Gasteiger partial charge is 0.407 e. The summed E-state index contributed by atoms with van der Waals surface area (Å²) in [6, 6.07) is 16.5. The number of carbonyl (C=O) groups is 3. The Labute approximate surface area is 209 Å². The number of benzene rings is 2. The highest BCUT2D eigenvalue weighted by molar-refractivity contribution is 7.99. The third-order valence-electron chi connectivity index (χ3n) is 7.68. The fourth-order valence-electron chi connectivity index (χ4n) is 5.58. The van der Waals surface area contributed by atoms with Crippen molar-refractivity contribution in [3.8, 4) is 11.1 Å². The van der Waals surface area contributed by atoms with E-state index in [1.165, 1.54) is 34.0 Å². The Morgan fingerprint density at radius 2 is 1.66 bits per heavy atom. The Kier molecular flexibility index (Phi) is 6.73. The topological polar surface area (TPSA) is 95.9 Å². The standard InChI is InChI=1S/C27H30N2O5S/c30-24(29-12-9-27(10-13-29)15-23(27)25(31)32)17-35-14-11-28-26(33)34-16-22-20-7-3-1-5-18(20)19-6-2-4-8-21(19)22/h1-8,22-23H,9-17H2,(H,28,33)(H,31,32). The van der Waals surface area contributed by atoms with E-state index in [1.807, 2.05) is 29.2 Å². The quantitative estimate of drug-likeness (QED) is 0.539. The number of ether oxygens (including phenoxy) is 1. The number of piperidine rings is 1. The van der Waals surface area contributed by atoms with E-state index in [2.05, 4.69) is 29.6 Å². The number of thioether (sulfide) groups is 1. The molecule has 184 valence electrons. The third-order valence-corrected chi connectivity index (χ3v) is 8.63. The van der Waals surface area contributed by atoms with Crippen LogP contribution in [0, 0.1) is 11.3 Å². The number of amides is 2. The zero-order chi connectivity index (χ0) is 24.4. The maximum atomic E-state index is 12.5. The molecule has 7 nitrogen and oxygen atoms in total. The van der Waals surface area contributed by atoms with E-state index in [9.17, 15) is 19.5 Å². The van der Waals surface area contributed by atoms with Gasteiger partial charge in [-0.05, 0) is 46.9 Å². The molecular weight excluding hydrogens is 464 g/mol. The first-order valence-corrected chi connectivity index (χ1v) is 13.3. The number of nitrogens with zero attached hydrogens (tertiary/aromatic N) is 1. The lowest BCUT2D eigenvalue weighted by molar-refractivity contribution is -0.139. The summed E-state index contributed by atoms with van der Waals surface area (Å²) >= 11 is 1.49. The lowest BCUT2D eigenvalue weighted by atomic mass is 9.91. The van der Waals surface area contributed by atoms with Crippen molar-refractivity contribution in [3.63, 3.8) is 0 Å². The molecule has 0 bridgehead atoms. The molecule has 35 heavy (non-hydrogen) atoms. The average Bonchev–Trinajstić information content (AvgIpc) is 3.48. The van der Waals surface area contributed by atoms with Gasteiger partial charge in [0.25, 0.3) is 0 Å². The van der Waals surface area contributed by atoms with Gasteiger partial charge in [-0.3, -0.25) is 9.59 Å². The summed E-state index contributed by atoms with van der Waals surface area (Å²) in [7, 11) is 0. The number of carboxylic acid groups (broad SMARTS) is 1. The largest absolute Gasteiger partial charge is 0.481 e. The molecule has 2 aromatic rings. The monoisotopic (exact) mass is 494 g/mol. The summed E-state index contributed by atoms with van der Waals surface area (Å²) in [5.74, 6) is 0.169. The molecule has 5 rings (SSSR count). The van der Waals surface area contributed by atoms with Gasteiger partial charge in [-0.2, -0.15) is 11.8 Å². The fourth-order valence-corrected chi connectivity index (χ4v) is 6.32. The molecule has 0 aromatic heterocycles. The number of aliphatic carboxylic acids is 1. The van der Waals surface area contributed by atoms with Gasteiger partial charge in [0.05, 0.1) is 11.7 Å². The highest BCUT2D eigenvalue weighted by atomic mass is 32.2. The summed E-state index contributed by atoms with van der Waals surface area (Å²) in [4.78, 5) is 37.7. The van der Waals surface area contributed by atoms with Crippen LogP contribution in [0.3, 0.4) is 0 Å². The lowest BCUT2D eigenvalue weighted by Gasteiger charge is -2.32. The van der Waals surface area contributed by atoms with Gasteiger partial charge in [0, 0.05) is 31.3 Å². The summed E-state index contributed by atoms with van der Waals surface area (Å²) in [6.07, 6.45) is 1.87. The van der Waals surface area contributed by atoms with Gasteiger partial charge in [0.2, 0.25) is 5.91 Å². The van der Waals surface area contributed by atoms with Crippen molar-refractivity contribution in [1.82, 2.24) is 10.2 Å². The van der Waals surface area contributed by atoms with Crippen molar-refractivity contribution in [2.75, 3.05) is 37.7 Å². The number of carboxylic acids is 1. The van der Waals surface area contributed by atoms with Crippen molar-refractivity contribution in [3.05, 3.63) is 59.7 Å². The van der Waals surface area contributed by atoms with Gasteiger partial charge in [0.15, 0.2) is 0 Å². The van der Waals surface area contributed by atoms with Crippen LogP contribution in [-0.4, -0.2) is 65.7 Å². The molecule has 0 radical (unpaired) electrons. The van der Waals surface area contributed by atoms with Gasteiger partial charge in [0.1, 0.15) is 6.61 Å². The average molecular weight is 495 g/mol. The van der Waals surface area contributed by atoms with E-state index in [0.29, 0.717) is 31.1 Å². The molecule has 2 amide bonds. The number of alkyl carbamates (subject to hydrolysis) is 1. The van der Waals surface area contributed by atoms with Crippen LogP contribution in [0.25, 0.3) is 11.1 Å². The normalized spacial score (nSPS) is 19.7. The number of fused-ring (bicyclic) bond motifs is 3. The first-order chi connectivity index (χ1) is 17.0. The van der Waals surface area contributed by atoms with Gasteiger partial charge in [-0.15, -0.1) is 0 Å². The first kappa shape index (κ1) is 23.7. The highest BCUT2D eigenvalue weighted by Crippen LogP contribution is 2.59. The number of likely N-dealkylation sites (tertiary alicyclic amines) is 1. The van der Waals surface area contributed by atoms with Crippen LogP contribution in [0.15, 0.2) is 48.5 Å². The van der Waals surface area contributed by atoms with E-state index in [-0.39, 0.29) is 29.8 Å². The minimum Gasteiger partial charge on any atom is -0.481 e. The minimum absolute atomic E-state index is 0.0326.